The zero-order valence-electron chi connectivity index (χ0n) is 8.24. The normalized spacial score (nSPS) is 12.0. The molecule has 1 aromatic rings. The predicted octanol–water partition coefficient (Wildman–Crippen LogP) is 2.16. The summed E-state index contributed by atoms with van der Waals surface area (Å²) in [5.74, 6) is -1.17. The van der Waals surface area contributed by atoms with Gasteiger partial charge in [-0.25, -0.2) is 0 Å². The van der Waals surface area contributed by atoms with E-state index in [0.29, 0.717) is 5.57 Å². The van der Waals surface area contributed by atoms with Crippen LogP contribution in [0.25, 0.3) is 6.08 Å². The lowest BCUT2D eigenvalue weighted by molar-refractivity contribution is -0.297. The number of hydrogen-bond donors (Lipinski definition) is 0. The number of carboxylic acid groups (broad SMARTS) is 1. The van der Waals surface area contributed by atoms with Gasteiger partial charge in [0.1, 0.15) is 0 Å². The lowest BCUT2D eigenvalue weighted by atomic mass is 10.1. The molecule has 0 aliphatic rings. The van der Waals surface area contributed by atoms with Crippen molar-refractivity contribution in [3.05, 3.63) is 52.0 Å². The number of aliphatic carboxylic acids is 1. The van der Waals surface area contributed by atoms with Gasteiger partial charge < -0.3 is 9.90 Å². The van der Waals surface area contributed by atoms with Crippen LogP contribution < -0.4 is 5.11 Å². The van der Waals surface area contributed by atoms with Gasteiger partial charge in [0.05, 0.1) is 5.97 Å². The van der Waals surface area contributed by atoms with E-state index in [-0.39, 0.29) is 0 Å². The fourth-order valence-electron chi connectivity index (χ4n) is 1.04. The minimum absolute atomic E-state index is 0.651. The van der Waals surface area contributed by atoms with Crippen LogP contribution in [0.2, 0.25) is 0 Å². The average Bonchev–Trinajstić information content (AvgIpc) is 2.16. The molecule has 78 valence electrons. The fraction of sp³-hybridized carbons (Fsp3) is 0.0833. The molecule has 0 unspecified atom stereocenters. The molecule has 0 aliphatic carbocycles. The highest BCUT2D eigenvalue weighted by Gasteiger charge is 1.87. The Kier molecular flexibility index (Phi) is 4.31. The maximum atomic E-state index is 10.2. The van der Waals surface area contributed by atoms with Crippen LogP contribution in [0.4, 0.5) is 0 Å². The van der Waals surface area contributed by atoms with Crippen molar-refractivity contribution in [2.75, 3.05) is 0 Å². The van der Waals surface area contributed by atoms with Gasteiger partial charge in [-0.05, 0) is 36.3 Å². The molecule has 0 aliphatic heterocycles. The molecule has 15 heavy (non-hydrogen) atoms. The molecule has 0 fully saturated rings. The SMILES string of the molecule is CC(=C/C(=O)[O-])/C=C/c1ccc(Br)cc1. The molecule has 0 aromatic heterocycles. The first-order valence-corrected chi connectivity index (χ1v) is 5.20. The molecular formula is C12H10BrO2-. The molecular weight excluding hydrogens is 256 g/mol. The summed E-state index contributed by atoms with van der Waals surface area (Å²) in [5.41, 5.74) is 1.67. The highest BCUT2D eigenvalue weighted by atomic mass is 79.9. The molecule has 0 radical (unpaired) electrons. The Hall–Kier alpha value is -1.35. The largest absolute Gasteiger partial charge is 0.545 e. The van der Waals surface area contributed by atoms with Gasteiger partial charge in [-0.2, -0.15) is 0 Å². The first-order valence-electron chi connectivity index (χ1n) is 4.41. The first kappa shape index (κ1) is 11.7. The van der Waals surface area contributed by atoms with Gasteiger partial charge in [-0.3, -0.25) is 0 Å². The smallest absolute Gasteiger partial charge is 0.0645 e. The topological polar surface area (TPSA) is 40.1 Å². The van der Waals surface area contributed by atoms with E-state index < -0.39 is 5.97 Å². The summed E-state index contributed by atoms with van der Waals surface area (Å²) < 4.78 is 1.02. The molecule has 0 saturated heterocycles. The summed E-state index contributed by atoms with van der Waals surface area (Å²) in [4.78, 5) is 10.2. The number of benzene rings is 1. The van der Waals surface area contributed by atoms with Crippen molar-refractivity contribution in [2.45, 2.75) is 6.92 Å². The number of carbonyl (C=O) groups excluding carboxylic acids is 1. The molecule has 0 amide bonds. The minimum Gasteiger partial charge on any atom is -0.545 e. The van der Waals surface area contributed by atoms with Crippen molar-refractivity contribution in [1.82, 2.24) is 0 Å². The number of halogens is 1. The van der Waals surface area contributed by atoms with Gasteiger partial charge in [-0.1, -0.05) is 40.2 Å². The average molecular weight is 266 g/mol. The Labute approximate surface area is 97.1 Å². The van der Waals surface area contributed by atoms with Crippen molar-refractivity contribution in [3.8, 4) is 0 Å². The third kappa shape index (κ3) is 4.61. The molecule has 2 nitrogen and oxygen atoms in total. The maximum Gasteiger partial charge on any atom is 0.0645 e. The monoisotopic (exact) mass is 265 g/mol. The van der Waals surface area contributed by atoms with Crippen LogP contribution in [0.5, 0.6) is 0 Å². The highest BCUT2D eigenvalue weighted by molar-refractivity contribution is 9.10. The van der Waals surface area contributed by atoms with Crippen LogP contribution in [0.15, 0.2) is 46.5 Å². The van der Waals surface area contributed by atoms with Crippen molar-refractivity contribution >= 4 is 28.0 Å². The second kappa shape index (κ2) is 5.51. The number of carbonyl (C=O) groups is 1. The van der Waals surface area contributed by atoms with Crippen LogP contribution in [-0.4, -0.2) is 5.97 Å². The predicted molar refractivity (Wildman–Crippen MR) is 61.9 cm³/mol. The second-order valence-corrected chi connectivity index (χ2v) is 4.01. The summed E-state index contributed by atoms with van der Waals surface area (Å²) in [6, 6.07) is 7.73. The zero-order valence-corrected chi connectivity index (χ0v) is 9.82. The van der Waals surface area contributed by atoms with Gasteiger partial charge >= 0.3 is 0 Å². The van der Waals surface area contributed by atoms with Crippen molar-refractivity contribution < 1.29 is 9.90 Å². The molecule has 0 heterocycles. The van der Waals surface area contributed by atoms with E-state index in [9.17, 15) is 9.90 Å². The third-order valence-electron chi connectivity index (χ3n) is 1.75. The standard InChI is InChI=1S/C12H11BrO2/c1-9(8-12(14)15)2-3-10-4-6-11(13)7-5-10/h2-8H,1H3,(H,14,15)/p-1/b3-2+,9-8-. The molecule has 0 saturated carbocycles. The molecule has 0 spiro atoms. The fourth-order valence-corrected chi connectivity index (χ4v) is 1.30. The third-order valence-corrected chi connectivity index (χ3v) is 2.28. The van der Waals surface area contributed by atoms with Crippen LogP contribution in [0.1, 0.15) is 12.5 Å². The van der Waals surface area contributed by atoms with Crippen LogP contribution in [0, 0.1) is 0 Å². The van der Waals surface area contributed by atoms with E-state index >= 15 is 0 Å². The van der Waals surface area contributed by atoms with Gasteiger partial charge in [0.25, 0.3) is 0 Å². The van der Waals surface area contributed by atoms with E-state index in [2.05, 4.69) is 15.9 Å². The maximum absolute atomic E-state index is 10.2. The second-order valence-electron chi connectivity index (χ2n) is 3.09. The number of hydrogen-bond acceptors (Lipinski definition) is 2. The molecule has 1 aromatic carbocycles. The van der Waals surface area contributed by atoms with E-state index in [4.69, 9.17) is 0 Å². The number of allylic oxidation sites excluding steroid dienone is 2. The number of rotatable bonds is 3. The lowest BCUT2D eigenvalue weighted by Gasteiger charge is -1.96. The van der Waals surface area contributed by atoms with Crippen molar-refractivity contribution in [1.29, 1.82) is 0 Å². The Morgan fingerprint density at radius 2 is 1.93 bits per heavy atom. The van der Waals surface area contributed by atoms with Gasteiger partial charge in [0.2, 0.25) is 0 Å². The van der Waals surface area contributed by atoms with E-state index in [0.717, 1.165) is 16.1 Å². The Bertz CT molecular complexity index is 402. The summed E-state index contributed by atoms with van der Waals surface area (Å²) in [7, 11) is 0. The summed E-state index contributed by atoms with van der Waals surface area (Å²) in [5, 5.41) is 10.2. The summed E-state index contributed by atoms with van der Waals surface area (Å²) in [6.45, 7) is 1.71. The van der Waals surface area contributed by atoms with Crippen LogP contribution in [-0.2, 0) is 4.79 Å². The molecule has 0 bridgehead atoms. The minimum atomic E-state index is -1.17. The summed E-state index contributed by atoms with van der Waals surface area (Å²) >= 11 is 3.34. The number of carboxylic acids is 1. The zero-order chi connectivity index (χ0) is 11.3. The van der Waals surface area contributed by atoms with Gasteiger partial charge in [0, 0.05) is 4.47 Å². The van der Waals surface area contributed by atoms with E-state index in [1.165, 1.54) is 0 Å². The molecule has 1 rings (SSSR count). The Morgan fingerprint density at radius 3 is 2.47 bits per heavy atom. The summed E-state index contributed by atoms with van der Waals surface area (Å²) in [6.07, 6.45) is 4.65. The Morgan fingerprint density at radius 1 is 1.33 bits per heavy atom. The van der Waals surface area contributed by atoms with Gasteiger partial charge in [-0.15, -0.1) is 0 Å². The molecule has 0 N–H and O–H groups in total. The highest BCUT2D eigenvalue weighted by Crippen LogP contribution is 2.12. The first-order chi connectivity index (χ1) is 7.08. The van der Waals surface area contributed by atoms with Crippen LogP contribution >= 0.6 is 15.9 Å². The Balaban J connectivity index is 2.73. The van der Waals surface area contributed by atoms with E-state index in [1.54, 1.807) is 13.0 Å². The van der Waals surface area contributed by atoms with Crippen LogP contribution in [0.3, 0.4) is 0 Å². The van der Waals surface area contributed by atoms with Crippen molar-refractivity contribution in [3.63, 3.8) is 0 Å². The van der Waals surface area contributed by atoms with Gasteiger partial charge in [0.15, 0.2) is 0 Å². The molecule has 3 heteroatoms. The quantitative estimate of drug-likeness (QED) is 0.621. The van der Waals surface area contributed by atoms with Crippen molar-refractivity contribution in [2.24, 2.45) is 0 Å². The van der Waals surface area contributed by atoms with E-state index in [1.807, 2.05) is 30.3 Å². The lowest BCUT2D eigenvalue weighted by Crippen LogP contribution is -2.19. The molecule has 0 atom stereocenters.